The summed E-state index contributed by atoms with van der Waals surface area (Å²) in [6, 6.07) is 4.81. The van der Waals surface area contributed by atoms with E-state index in [1.807, 2.05) is 0 Å². The third-order valence-corrected chi connectivity index (χ3v) is 2.63. The number of nitrogens with zero attached hydrogens (tertiary/aromatic N) is 1. The average Bonchev–Trinajstić information content (AvgIpc) is 2.30. The first-order valence-corrected chi connectivity index (χ1v) is 5.46. The molecular weight excluding hydrogens is 288 g/mol. The summed E-state index contributed by atoms with van der Waals surface area (Å²) in [6.45, 7) is 0. The van der Waals surface area contributed by atoms with E-state index in [-0.39, 0.29) is 10.7 Å². The molecule has 0 saturated heterocycles. The molecule has 0 bridgehead atoms. The van der Waals surface area contributed by atoms with Gasteiger partial charge in [-0.2, -0.15) is 9.37 Å². The van der Waals surface area contributed by atoms with Crippen molar-refractivity contribution in [3.8, 4) is 0 Å². The van der Waals surface area contributed by atoms with Crippen LogP contribution in [-0.2, 0) is 0 Å². The highest BCUT2D eigenvalue weighted by molar-refractivity contribution is 6.35. The monoisotopic (exact) mass is 292 g/mol. The number of halogens is 5. The van der Waals surface area contributed by atoms with E-state index >= 15 is 0 Å². The van der Waals surface area contributed by atoms with Crippen molar-refractivity contribution in [2.45, 2.75) is 0 Å². The van der Waals surface area contributed by atoms with Gasteiger partial charge in [0.1, 0.15) is 0 Å². The predicted molar refractivity (Wildman–Crippen MR) is 63.9 cm³/mol. The van der Waals surface area contributed by atoms with Crippen LogP contribution < -0.4 is 5.32 Å². The van der Waals surface area contributed by atoms with Crippen LogP contribution in [0.2, 0.25) is 10.0 Å². The van der Waals surface area contributed by atoms with Crippen molar-refractivity contribution in [1.29, 1.82) is 0 Å². The number of benzene rings is 1. The molecule has 2 rings (SSSR count). The Kier molecular flexibility index (Phi) is 3.63. The van der Waals surface area contributed by atoms with Crippen LogP contribution in [0.5, 0.6) is 0 Å². The first-order chi connectivity index (χ1) is 8.47. The quantitative estimate of drug-likeness (QED) is 0.822. The summed E-state index contributed by atoms with van der Waals surface area (Å²) in [5.41, 5.74) is 0.238. The van der Waals surface area contributed by atoms with Crippen molar-refractivity contribution in [3.63, 3.8) is 0 Å². The first-order valence-electron chi connectivity index (χ1n) is 4.71. The van der Waals surface area contributed by atoms with E-state index in [2.05, 4.69) is 10.3 Å². The molecule has 0 aliphatic rings. The molecule has 0 amide bonds. The van der Waals surface area contributed by atoms with Gasteiger partial charge in [-0.05, 0) is 18.2 Å². The van der Waals surface area contributed by atoms with Gasteiger partial charge in [-0.3, -0.25) is 0 Å². The van der Waals surface area contributed by atoms with Crippen LogP contribution in [0.25, 0.3) is 0 Å². The molecule has 1 aromatic heterocycles. The van der Waals surface area contributed by atoms with Gasteiger partial charge in [-0.25, -0.2) is 8.78 Å². The van der Waals surface area contributed by atoms with Gasteiger partial charge in [0.05, 0.1) is 10.7 Å². The predicted octanol–water partition coefficient (Wildman–Crippen LogP) is 4.55. The topological polar surface area (TPSA) is 24.9 Å². The third-order valence-electron chi connectivity index (χ3n) is 2.07. The molecule has 0 atom stereocenters. The molecule has 1 aromatic carbocycles. The molecule has 0 aliphatic carbocycles. The van der Waals surface area contributed by atoms with Crippen molar-refractivity contribution >= 4 is 34.7 Å². The van der Waals surface area contributed by atoms with Crippen LogP contribution in [0.3, 0.4) is 0 Å². The minimum absolute atomic E-state index is 0.238. The molecule has 2 nitrogen and oxygen atoms in total. The molecule has 2 aromatic rings. The van der Waals surface area contributed by atoms with Crippen LogP contribution in [-0.4, -0.2) is 4.98 Å². The lowest BCUT2D eigenvalue weighted by molar-refractivity contribution is 0.467. The molecule has 18 heavy (non-hydrogen) atoms. The standard InChI is InChI=1S/C11H5Cl2F3N2/c12-5-1-2-6(13)9(3-5)17-11-8(15)4-7(14)10(16)18-11/h1-4H,(H,17,18). The van der Waals surface area contributed by atoms with E-state index in [1.165, 1.54) is 18.2 Å². The van der Waals surface area contributed by atoms with Gasteiger partial charge in [0, 0.05) is 11.1 Å². The Morgan fingerprint density at radius 1 is 1.00 bits per heavy atom. The maximum atomic E-state index is 13.3. The van der Waals surface area contributed by atoms with Gasteiger partial charge in [0.15, 0.2) is 17.5 Å². The van der Waals surface area contributed by atoms with Crippen molar-refractivity contribution < 1.29 is 13.2 Å². The summed E-state index contributed by atoms with van der Waals surface area (Å²) < 4.78 is 38.9. The van der Waals surface area contributed by atoms with E-state index in [1.54, 1.807) is 0 Å². The van der Waals surface area contributed by atoms with Gasteiger partial charge in [-0.15, -0.1) is 0 Å². The van der Waals surface area contributed by atoms with E-state index in [0.29, 0.717) is 11.1 Å². The van der Waals surface area contributed by atoms with Crippen molar-refractivity contribution in [2.75, 3.05) is 5.32 Å². The van der Waals surface area contributed by atoms with Crippen molar-refractivity contribution in [3.05, 3.63) is 51.9 Å². The highest BCUT2D eigenvalue weighted by Gasteiger charge is 2.13. The molecule has 0 unspecified atom stereocenters. The normalized spacial score (nSPS) is 10.5. The average molecular weight is 293 g/mol. The summed E-state index contributed by atoms with van der Waals surface area (Å²) in [5, 5.41) is 3.03. The van der Waals surface area contributed by atoms with Crippen LogP contribution in [0.1, 0.15) is 0 Å². The van der Waals surface area contributed by atoms with Crippen LogP contribution >= 0.6 is 23.2 Å². The Labute approximate surface area is 110 Å². The Hall–Kier alpha value is -1.46. The zero-order valence-corrected chi connectivity index (χ0v) is 10.2. The summed E-state index contributed by atoms with van der Waals surface area (Å²) in [4.78, 5) is 3.11. The Bertz CT molecular complexity index is 605. The lowest BCUT2D eigenvalue weighted by atomic mass is 10.3. The SMILES string of the molecule is Fc1cc(F)c(Nc2cc(Cl)ccc2Cl)nc1F. The second-order valence-electron chi connectivity index (χ2n) is 3.34. The fourth-order valence-corrected chi connectivity index (χ4v) is 1.59. The number of aromatic nitrogens is 1. The highest BCUT2D eigenvalue weighted by Crippen LogP contribution is 2.29. The number of hydrogen-bond acceptors (Lipinski definition) is 2. The van der Waals surface area contributed by atoms with E-state index in [9.17, 15) is 13.2 Å². The van der Waals surface area contributed by atoms with Crippen LogP contribution in [0.15, 0.2) is 24.3 Å². The minimum atomic E-state index is -1.41. The molecule has 94 valence electrons. The molecule has 0 aliphatic heterocycles. The number of hydrogen-bond donors (Lipinski definition) is 1. The maximum Gasteiger partial charge on any atom is 0.251 e. The fourth-order valence-electron chi connectivity index (χ4n) is 1.25. The second kappa shape index (κ2) is 5.04. The number of nitrogens with one attached hydrogen (secondary N) is 1. The zero-order valence-electron chi connectivity index (χ0n) is 8.65. The fraction of sp³-hybridized carbons (Fsp3) is 0. The minimum Gasteiger partial charge on any atom is -0.336 e. The molecule has 0 saturated carbocycles. The van der Waals surface area contributed by atoms with E-state index < -0.39 is 23.4 Å². The Morgan fingerprint density at radius 2 is 1.72 bits per heavy atom. The molecular formula is C11H5Cl2F3N2. The number of pyridine rings is 1. The maximum absolute atomic E-state index is 13.3. The van der Waals surface area contributed by atoms with Crippen LogP contribution in [0, 0.1) is 17.6 Å². The first kappa shape index (κ1) is 13.0. The number of anilines is 2. The van der Waals surface area contributed by atoms with Gasteiger partial charge in [0.25, 0.3) is 5.95 Å². The van der Waals surface area contributed by atoms with Gasteiger partial charge in [-0.1, -0.05) is 23.2 Å². The lowest BCUT2D eigenvalue weighted by Gasteiger charge is -2.09. The summed E-state index contributed by atoms with van der Waals surface area (Å²) in [5.74, 6) is -4.28. The Balaban J connectivity index is 2.40. The van der Waals surface area contributed by atoms with Gasteiger partial charge < -0.3 is 5.32 Å². The molecule has 0 spiro atoms. The molecule has 0 radical (unpaired) electrons. The summed E-state index contributed by atoms with van der Waals surface area (Å²) in [6.07, 6.45) is 0. The van der Waals surface area contributed by atoms with Crippen molar-refractivity contribution in [2.24, 2.45) is 0 Å². The zero-order chi connectivity index (χ0) is 13.3. The molecule has 1 heterocycles. The number of rotatable bonds is 2. The second-order valence-corrected chi connectivity index (χ2v) is 4.18. The Morgan fingerprint density at radius 3 is 2.44 bits per heavy atom. The molecule has 7 heteroatoms. The largest absolute Gasteiger partial charge is 0.336 e. The smallest absolute Gasteiger partial charge is 0.251 e. The summed E-state index contributed by atoms with van der Waals surface area (Å²) in [7, 11) is 0. The summed E-state index contributed by atoms with van der Waals surface area (Å²) >= 11 is 11.6. The van der Waals surface area contributed by atoms with Gasteiger partial charge in [0.2, 0.25) is 0 Å². The van der Waals surface area contributed by atoms with Crippen LogP contribution in [0.4, 0.5) is 24.7 Å². The lowest BCUT2D eigenvalue weighted by Crippen LogP contribution is -2.02. The highest BCUT2D eigenvalue weighted by atomic mass is 35.5. The molecule has 1 N–H and O–H groups in total. The third kappa shape index (κ3) is 2.68. The molecule has 0 fully saturated rings. The van der Waals surface area contributed by atoms with Gasteiger partial charge >= 0.3 is 0 Å². The van der Waals surface area contributed by atoms with E-state index in [4.69, 9.17) is 23.2 Å². The van der Waals surface area contributed by atoms with E-state index in [0.717, 1.165) is 0 Å². The van der Waals surface area contributed by atoms with Crippen molar-refractivity contribution in [1.82, 2.24) is 4.98 Å².